The molecule has 2 aromatic carbocycles. The highest BCUT2D eigenvalue weighted by Crippen LogP contribution is 2.31. The summed E-state index contributed by atoms with van der Waals surface area (Å²) in [6.45, 7) is 6.39. The average molecular weight is 396 g/mol. The number of phenols is 1. The lowest BCUT2D eigenvalue weighted by Gasteiger charge is -2.16. The lowest BCUT2D eigenvalue weighted by molar-refractivity contribution is 0.136. The Balaban J connectivity index is 1.70. The van der Waals surface area contributed by atoms with Crippen LogP contribution in [0.5, 0.6) is 5.75 Å². The van der Waals surface area contributed by atoms with Crippen molar-refractivity contribution >= 4 is 22.8 Å². The third kappa shape index (κ3) is 4.85. The zero-order chi connectivity index (χ0) is 20.8. The van der Waals surface area contributed by atoms with Gasteiger partial charge in [-0.05, 0) is 43.5 Å². The molecule has 0 fully saturated rings. The van der Waals surface area contributed by atoms with Crippen LogP contribution in [0.25, 0.3) is 16.7 Å². The standard InChI is InChI=1S/C22H28N4O3/c1-4-6-9-16(5-2)14-29-22(28)23-17-12-13-20(21(27)15(17)3)26-24-18-10-7-8-11-19(18)25-26/h7-8,10-13,16,27H,4-6,9,14H2,1-3H3,(H,23,28). The molecule has 0 bridgehead atoms. The summed E-state index contributed by atoms with van der Waals surface area (Å²) in [5, 5.41) is 22.1. The minimum absolute atomic E-state index is 0.0116. The van der Waals surface area contributed by atoms with Crippen molar-refractivity contribution in [3.8, 4) is 11.4 Å². The van der Waals surface area contributed by atoms with Crippen LogP contribution in [0.4, 0.5) is 10.5 Å². The maximum Gasteiger partial charge on any atom is 0.411 e. The Hall–Kier alpha value is -3.09. The molecule has 0 radical (unpaired) electrons. The number of benzene rings is 2. The Morgan fingerprint density at radius 3 is 2.48 bits per heavy atom. The number of hydrogen-bond donors (Lipinski definition) is 2. The zero-order valence-electron chi connectivity index (χ0n) is 17.2. The quantitative estimate of drug-likeness (QED) is 0.546. The molecular formula is C22H28N4O3. The Labute approximate surface area is 170 Å². The molecule has 1 unspecified atom stereocenters. The normalized spacial score (nSPS) is 12.1. The van der Waals surface area contributed by atoms with Gasteiger partial charge >= 0.3 is 6.09 Å². The largest absolute Gasteiger partial charge is 0.505 e. The van der Waals surface area contributed by atoms with Gasteiger partial charge in [-0.3, -0.25) is 5.32 Å². The fraction of sp³-hybridized carbons (Fsp3) is 0.409. The van der Waals surface area contributed by atoms with Gasteiger partial charge in [0.25, 0.3) is 0 Å². The molecule has 1 atom stereocenters. The van der Waals surface area contributed by atoms with Gasteiger partial charge in [0, 0.05) is 5.56 Å². The van der Waals surface area contributed by atoms with Gasteiger partial charge in [-0.1, -0.05) is 45.2 Å². The van der Waals surface area contributed by atoms with Crippen molar-refractivity contribution in [2.45, 2.75) is 46.5 Å². The molecule has 1 amide bonds. The van der Waals surface area contributed by atoms with E-state index in [1.807, 2.05) is 24.3 Å². The van der Waals surface area contributed by atoms with Gasteiger partial charge in [-0.2, -0.15) is 0 Å². The Bertz CT molecular complexity index is 950. The minimum atomic E-state index is -0.516. The van der Waals surface area contributed by atoms with Crippen molar-refractivity contribution in [3.63, 3.8) is 0 Å². The number of hydrogen-bond acceptors (Lipinski definition) is 5. The molecule has 0 saturated carbocycles. The second kappa shape index (κ2) is 9.41. The Kier molecular flexibility index (Phi) is 6.69. The van der Waals surface area contributed by atoms with Gasteiger partial charge in [0.15, 0.2) is 0 Å². The van der Waals surface area contributed by atoms with Gasteiger partial charge in [0.1, 0.15) is 22.5 Å². The number of carbonyl (C=O) groups excluding carboxylic acids is 1. The first-order valence-electron chi connectivity index (χ1n) is 10.1. The van der Waals surface area contributed by atoms with E-state index in [1.165, 1.54) is 4.80 Å². The molecule has 0 aliphatic carbocycles. The van der Waals surface area contributed by atoms with Crippen molar-refractivity contribution in [2.75, 3.05) is 11.9 Å². The van der Waals surface area contributed by atoms with Crippen LogP contribution in [-0.2, 0) is 4.74 Å². The summed E-state index contributed by atoms with van der Waals surface area (Å²) in [6, 6.07) is 10.9. The number of ether oxygens (including phenoxy) is 1. The van der Waals surface area contributed by atoms with Gasteiger partial charge < -0.3 is 9.84 Å². The molecular weight excluding hydrogens is 368 g/mol. The van der Waals surface area contributed by atoms with Crippen LogP contribution in [-0.4, -0.2) is 32.8 Å². The highest BCUT2D eigenvalue weighted by Gasteiger charge is 2.16. The van der Waals surface area contributed by atoms with E-state index in [0.29, 0.717) is 29.5 Å². The van der Waals surface area contributed by atoms with Crippen molar-refractivity contribution in [1.82, 2.24) is 15.0 Å². The van der Waals surface area contributed by atoms with Crippen LogP contribution in [0.1, 0.15) is 45.1 Å². The first-order valence-corrected chi connectivity index (χ1v) is 10.1. The third-order valence-corrected chi connectivity index (χ3v) is 5.14. The van der Waals surface area contributed by atoms with Crippen LogP contribution in [0.3, 0.4) is 0 Å². The van der Waals surface area contributed by atoms with E-state index < -0.39 is 6.09 Å². The number of phenolic OH excluding ortho intramolecular Hbond substituents is 1. The zero-order valence-corrected chi connectivity index (χ0v) is 17.2. The molecule has 7 nitrogen and oxygen atoms in total. The molecule has 154 valence electrons. The highest BCUT2D eigenvalue weighted by atomic mass is 16.5. The summed E-state index contributed by atoms with van der Waals surface area (Å²) in [4.78, 5) is 13.6. The second-order valence-corrected chi connectivity index (χ2v) is 7.22. The second-order valence-electron chi connectivity index (χ2n) is 7.22. The summed E-state index contributed by atoms with van der Waals surface area (Å²) in [7, 11) is 0. The number of rotatable bonds is 8. The third-order valence-electron chi connectivity index (χ3n) is 5.14. The molecule has 1 aromatic heterocycles. The first kappa shape index (κ1) is 20.6. The summed E-state index contributed by atoms with van der Waals surface area (Å²) in [6.07, 6.45) is 3.79. The van der Waals surface area contributed by atoms with E-state index in [-0.39, 0.29) is 5.75 Å². The summed E-state index contributed by atoms with van der Waals surface area (Å²) in [5.41, 5.74) is 2.95. The molecule has 0 spiro atoms. The number of aromatic nitrogens is 3. The highest BCUT2D eigenvalue weighted by molar-refractivity contribution is 5.87. The van der Waals surface area contributed by atoms with Crippen molar-refractivity contribution in [1.29, 1.82) is 0 Å². The van der Waals surface area contributed by atoms with E-state index in [0.717, 1.165) is 36.7 Å². The van der Waals surface area contributed by atoms with E-state index in [1.54, 1.807) is 19.1 Å². The topological polar surface area (TPSA) is 89.3 Å². The molecule has 0 saturated heterocycles. The molecule has 0 aliphatic rings. The van der Waals surface area contributed by atoms with Crippen molar-refractivity contribution in [2.24, 2.45) is 5.92 Å². The molecule has 7 heteroatoms. The van der Waals surface area contributed by atoms with Gasteiger partial charge in [0.05, 0.1) is 12.3 Å². The van der Waals surface area contributed by atoms with E-state index in [2.05, 4.69) is 29.4 Å². The SMILES string of the molecule is CCCCC(CC)COC(=O)Nc1ccc(-n2nc3ccccc3n2)c(O)c1C. The number of carbonyl (C=O) groups is 1. The number of unbranched alkanes of at least 4 members (excludes halogenated alkanes) is 1. The lowest BCUT2D eigenvalue weighted by atomic mass is 10.0. The first-order chi connectivity index (χ1) is 14.0. The molecule has 3 rings (SSSR count). The van der Waals surface area contributed by atoms with Crippen LogP contribution >= 0.6 is 0 Å². The minimum Gasteiger partial charge on any atom is -0.505 e. The van der Waals surface area contributed by atoms with E-state index in [9.17, 15) is 9.90 Å². The number of anilines is 1. The van der Waals surface area contributed by atoms with E-state index in [4.69, 9.17) is 4.74 Å². The molecule has 3 aromatic rings. The number of nitrogens with one attached hydrogen (secondary N) is 1. The fourth-order valence-corrected chi connectivity index (χ4v) is 3.19. The fourth-order valence-electron chi connectivity index (χ4n) is 3.19. The molecule has 29 heavy (non-hydrogen) atoms. The molecule has 0 aliphatic heterocycles. The monoisotopic (exact) mass is 396 g/mol. The van der Waals surface area contributed by atoms with Gasteiger partial charge in [-0.25, -0.2) is 4.79 Å². The molecule has 1 heterocycles. The van der Waals surface area contributed by atoms with Crippen molar-refractivity contribution in [3.05, 3.63) is 42.0 Å². The number of amides is 1. The van der Waals surface area contributed by atoms with Crippen LogP contribution in [0.2, 0.25) is 0 Å². The summed E-state index contributed by atoms with van der Waals surface area (Å²) < 4.78 is 5.38. The maximum atomic E-state index is 12.2. The van der Waals surface area contributed by atoms with Gasteiger partial charge in [0.2, 0.25) is 0 Å². The summed E-state index contributed by atoms with van der Waals surface area (Å²) in [5.74, 6) is 0.384. The summed E-state index contributed by atoms with van der Waals surface area (Å²) >= 11 is 0. The van der Waals surface area contributed by atoms with Crippen LogP contribution in [0, 0.1) is 12.8 Å². The average Bonchev–Trinajstić information content (AvgIpc) is 3.15. The van der Waals surface area contributed by atoms with Crippen LogP contribution < -0.4 is 5.32 Å². The number of aromatic hydroxyl groups is 1. The Morgan fingerprint density at radius 2 is 1.86 bits per heavy atom. The molecule has 2 N–H and O–H groups in total. The number of fused-ring (bicyclic) bond motifs is 1. The predicted octanol–water partition coefficient (Wildman–Crippen LogP) is 5.20. The lowest BCUT2D eigenvalue weighted by Crippen LogP contribution is -2.19. The van der Waals surface area contributed by atoms with E-state index >= 15 is 0 Å². The maximum absolute atomic E-state index is 12.2. The van der Waals surface area contributed by atoms with Gasteiger partial charge in [-0.15, -0.1) is 15.0 Å². The predicted molar refractivity (Wildman–Crippen MR) is 114 cm³/mol. The number of nitrogens with zero attached hydrogens (tertiary/aromatic N) is 3. The van der Waals surface area contributed by atoms with Crippen molar-refractivity contribution < 1.29 is 14.6 Å². The van der Waals surface area contributed by atoms with Crippen LogP contribution in [0.15, 0.2) is 36.4 Å². The Morgan fingerprint density at radius 1 is 1.17 bits per heavy atom. The smallest absolute Gasteiger partial charge is 0.411 e.